The molecule has 0 aromatic carbocycles. The summed E-state index contributed by atoms with van der Waals surface area (Å²) in [6.07, 6.45) is 7.42. The predicted molar refractivity (Wildman–Crippen MR) is 87.8 cm³/mol. The van der Waals surface area contributed by atoms with Crippen molar-refractivity contribution in [2.45, 2.75) is 90.8 Å². The van der Waals surface area contributed by atoms with Gasteiger partial charge in [0.1, 0.15) is 0 Å². The molecule has 1 nitrogen and oxygen atoms in total. The van der Waals surface area contributed by atoms with Crippen molar-refractivity contribution < 1.29 is 4.43 Å². The van der Waals surface area contributed by atoms with E-state index in [0.717, 1.165) is 5.92 Å². The summed E-state index contributed by atoms with van der Waals surface area (Å²) in [4.78, 5) is 0. The molecular weight excluding hydrogens is 248 g/mol. The fourth-order valence-corrected chi connectivity index (χ4v) is 9.26. The van der Waals surface area contributed by atoms with Crippen LogP contribution in [0.15, 0.2) is 11.8 Å². The summed E-state index contributed by atoms with van der Waals surface area (Å²) in [6, 6.07) is 0. The lowest BCUT2D eigenvalue weighted by Gasteiger charge is -2.43. The maximum atomic E-state index is 6.76. The first-order valence-corrected chi connectivity index (χ1v) is 10.4. The van der Waals surface area contributed by atoms with E-state index in [1.54, 1.807) is 0 Å². The van der Waals surface area contributed by atoms with Gasteiger partial charge in [0.05, 0.1) is 5.76 Å². The number of rotatable bonds is 6. The second-order valence-corrected chi connectivity index (χ2v) is 12.5. The highest BCUT2D eigenvalue weighted by Crippen LogP contribution is 2.44. The molecule has 0 aromatic heterocycles. The Morgan fingerprint density at radius 2 is 1.63 bits per heavy atom. The molecule has 2 heteroatoms. The van der Waals surface area contributed by atoms with Crippen molar-refractivity contribution in [3.63, 3.8) is 0 Å². The first-order valence-electron chi connectivity index (χ1n) is 8.22. The largest absolute Gasteiger partial charge is 0.546 e. The third kappa shape index (κ3) is 3.65. The molecule has 1 unspecified atom stereocenters. The average molecular weight is 283 g/mol. The van der Waals surface area contributed by atoms with Crippen LogP contribution in [0.1, 0.15) is 74.1 Å². The molecule has 0 aromatic rings. The molecule has 0 aliphatic heterocycles. The summed E-state index contributed by atoms with van der Waals surface area (Å²) in [6.45, 7) is 16.5. The van der Waals surface area contributed by atoms with E-state index in [2.05, 4.69) is 54.5 Å². The third-order valence-electron chi connectivity index (χ3n) is 5.07. The van der Waals surface area contributed by atoms with Crippen LogP contribution < -0.4 is 0 Å². The molecule has 1 aliphatic rings. The summed E-state index contributed by atoms with van der Waals surface area (Å²) in [5.74, 6) is 2.20. The standard InChI is InChI=1S/C17H34OSi/c1-8-16-9-11-17(12-10-16)18-19(13(2)3,14(4)5)15(6)7/h11,13-16H,8-10,12H2,1-7H3. The Hall–Kier alpha value is -0.243. The van der Waals surface area contributed by atoms with Crippen molar-refractivity contribution in [3.05, 3.63) is 11.8 Å². The van der Waals surface area contributed by atoms with E-state index in [0.29, 0.717) is 16.6 Å². The van der Waals surface area contributed by atoms with Gasteiger partial charge < -0.3 is 4.43 Å². The van der Waals surface area contributed by atoms with Crippen LogP contribution in [0.2, 0.25) is 16.6 Å². The van der Waals surface area contributed by atoms with Crippen molar-refractivity contribution in [1.82, 2.24) is 0 Å². The lowest BCUT2D eigenvalue weighted by atomic mass is 9.91. The second-order valence-electron chi connectivity index (χ2n) is 7.14. The van der Waals surface area contributed by atoms with E-state index in [4.69, 9.17) is 4.43 Å². The van der Waals surface area contributed by atoms with E-state index < -0.39 is 8.32 Å². The topological polar surface area (TPSA) is 9.23 Å². The van der Waals surface area contributed by atoms with E-state index in [-0.39, 0.29) is 0 Å². The maximum absolute atomic E-state index is 6.76. The zero-order valence-electron chi connectivity index (χ0n) is 14.1. The zero-order chi connectivity index (χ0) is 14.6. The van der Waals surface area contributed by atoms with E-state index in [1.165, 1.54) is 31.4 Å². The molecule has 1 atom stereocenters. The highest BCUT2D eigenvalue weighted by Gasteiger charge is 2.47. The van der Waals surface area contributed by atoms with Gasteiger partial charge in [-0.25, -0.2) is 0 Å². The SMILES string of the molecule is CCC1CC=C(O[Si](C(C)C)(C(C)C)C(C)C)CC1. The monoisotopic (exact) mass is 282 g/mol. The molecule has 112 valence electrons. The Morgan fingerprint density at radius 3 is 1.95 bits per heavy atom. The molecule has 0 amide bonds. The van der Waals surface area contributed by atoms with Gasteiger partial charge in [0.2, 0.25) is 0 Å². The van der Waals surface area contributed by atoms with Crippen LogP contribution in [-0.4, -0.2) is 8.32 Å². The van der Waals surface area contributed by atoms with Gasteiger partial charge in [0.15, 0.2) is 0 Å². The van der Waals surface area contributed by atoms with Crippen molar-refractivity contribution in [2.24, 2.45) is 5.92 Å². The van der Waals surface area contributed by atoms with Gasteiger partial charge in [-0.15, -0.1) is 0 Å². The van der Waals surface area contributed by atoms with Gasteiger partial charge in [-0.2, -0.15) is 0 Å². The van der Waals surface area contributed by atoms with Crippen LogP contribution >= 0.6 is 0 Å². The van der Waals surface area contributed by atoms with Crippen molar-refractivity contribution in [3.8, 4) is 0 Å². The van der Waals surface area contributed by atoms with E-state index in [1.807, 2.05) is 0 Å². The molecule has 0 bridgehead atoms. The predicted octanol–water partition coefficient (Wildman–Crippen LogP) is 6.27. The summed E-state index contributed by atoms with van der Waals surface area (Å²) >= 11 is 0. The van der Waals surface area contributed by atoms with Crippen LogP contribution in [-0.2, 0) is 4.43 Å². The van der Waals surface area contributed by atoms with Gasteiger partial charge in [-0.1, -0.05) is 54.9 Å². The molecule has 19 heavy (non-hydrogen) atoms. The first-order chi connectivity index (χ1) is 8.84. The van der Waals surface area contributed by atoms with Crippen LogP contribution in [0, 0.1) is 5.92 Å². The Balaban J connectivity index is 2.87. The van der Waals surface area contributed by atoms with E-state index in [9.17, 15) is 0 Å². The van der Waals surface area contributed by atoms with Crippen molar-refractivity contribution in [2.75, 3.05) is 0 Å². The minimum atomic E-state index is -1.72. The number of hydrogen-bond donors (Lipinski definition) is 0. The Morgan fingerprint density at radius 1 is 1.11 bits per heavy atom. The third-order valence-corrected chi connectivity index (χ3v) is 11.1. The Kier molecular flexibility index (Phi) is 6.16. The van der Waals surface area contributed by atoms with E-state index >= 15 is 0 Å². The van der Waals surface area contributed by atoms with Crippen LogP contribution in [0.25, 0.3) is 0 Å². The molecule has 1 rings (SSSR count). The fraction of sp³-hybridized carbons (Fsp3) is 0.882. The minimum Gasteiger partial charge on any atom is -0.546 e. The van der Waals surface area contributed by atoms with Crippen LogP contribution in [0.3, 0.4) is 0 Å². The summed E-state index contributed by atoms with van der Waals surface area (Å²) in [7, 11) is -1.72. The highest BCUT2D eigenvalue weighted by molar-refractivity contribution is 6.77. The molecule has 0 spiro atoms. The van der Waals surface area contributed by atoms with Crippen LogP contribution in [0.5, 0.6) is 0 Å². The Labute approximate surface area is 122 Å². The molecule has 0 fully saturated rings. The molecule has 1 aliphatic carbocycles. The van der Waals surface area contributed by atoms with Gasteiger partial charge in [-0.05, 0) is 41.5 Å². The average Bonchev–Trinajstić information content (AvgIpc) is 2.35. The van der Waals surface area contributed by atoms with Crippen molar-refractivity contribution in [1.29, 1.82) is 0 Å². The van der Waals surface area contributed by atoms with Gasteiger partial charge in [-0.3, -0.25) is 0 Å². The molecule has 0 heterocycles. The first kappa shape index (κ1) is 16.8. The minimum absolute atomic E-state index is 0.678. The lowest BCUT2D eigenvalue weighted by Crippen LogP contribution is -2.47. The quantitative estimate of drug-likeness (QED) is 0.521. The molecule has 0 N–H and O–H groups in total. The van der Waals surface area contributed by atoms with Gasteiger partial charge >= 0.3 is 0 Å². The number of hydrogen-bond acceptors (Lipinski definition) is 1. The van der Waals surface area contributed by atoms with Crippen LogP contribution in [0.4, 0.5) is 0 Å². The highest BCUT2D eigenvalue weighted by atomic mass is 28.4. The summed E-state index contributed by atoms with van der Waals surface area (Å²) in [5, 5.41) is 0. The number of allylic oxidation sites excluding steroid dienone is 2. The molecule has 0 radical (unpaired) electrons. The summed E-state index contributed by atoms with van der Waals surface area (Å²) < 4.78 is 6.76. The van der Waals surface area contributed by atoms with Crippen molar-refractivity contribution >= 4 is 8.32 Å². The fourth-order valence-electron chi connectivity index (χ4n) is 3.91. The second kappa shape index (κ2) is 6.96. The van der Waals surface area contributed by atoms with Gasteiger partial charge in [0, 0.05) is 6.42 Å². The molecule has 0 saturated heterocycles. The zero-order valence-corrected chi connectivity index (χ0v) is 15.1. The van der Waals surface area contributed by atoms with Gasteiger partial charge in [0.25, 0.3) is 8.32 Å². The maximum Gasteiger partial charge on any atom is 0.258 e. The normalized spacial score (nSPS) is 21.2. The molecule has 0 saturated carbocycles. The smallest absolute Gasteiger partial charge is 0.258 e. The lowest BCUT2D eigenvalue weighted by molar-refractivity contribution is 0.315. The summed E-state index contributed by atoms with van der Waals surface area (Å²) in [5.41, 5.74) is 2.03. The Bertz CT molecular complexity index is 283. The molecular formula is C17H34OSi.